The fraction of sp³-hybridized carbons (Fsp3) is 0. The maximum atomic E-state index is 11.9. The molecule has 2 heteroatoms. The van der Waals surface area contributed by atoms with E-state index in [-0.39, 0.29) is 5.78 Å². The molecule has 0 aliphatic heterocycles. The first kappa shape index (κ1) is 10.7. The number of ketones is 1. The molecule has 0 bridgehead atoms. The molecule has 0 unspecified atom stereocenters. The SMILES string of the molecule is O=C1C=Cc2c(-c3ccccc3)sc3cccc1c23. The van der Waals surface area contributed by atoms with E-state index in [9.17, 15) is 4.79 Å². The number of thiophene rings is 1. The van der Waals surface area contributed by atoms with Gasteiger partial charge in [-0.3, -0.25) is 4.79 Å². The Hall–Kier alpha value is -2.19. The van der Waals surface area contributed by atoms with Crippen LogP contribution in [-0.4, -0.2) is 5.78 Å². The van der Waals surface area contributed by atoms with Gasteiger partial charge in [-0.05, 0) is 23.8 Å². The van der Waals surface area contributed by atoms with Crippen molar-refractivity contribution in [1.29, 1.82) is 0 Å². The van der Waals surface area contributed by atoms with E-state index in [1.807, 2.05) is 36.4 Å². The molecule has 0 amide bonds. The molecule has 4 rings (SSSR count). The van der Waals surface area contributed by atoms with Gasteiger partial charge in [-0.2, -0.15) is 0 Å². The van der Waals surface area contributed by atoms with Gasteiger partial charge in [-0.15, -0.1) is 11.3 Å². The third-order valence-corrected chi connectivity index (χ3v) is 4.67. The van der Waals surface area contributed by atoms with Crippen LogP contribution < -0.4 is 0 Å². The van der Waals surface area contributed by atoms with E-state index in [0.717, 1.165) is 10.9 Å². The average Bonchev–Trinajstić information content (AvgIpc) is 2.84. The van der Waals surface area contributed by atoms with Crippen LogP contribution in [0.4, 0.5) is 0 Å². The lowest BCUT2D eigenvalue weighted by molar-refractivity contribution is 0.104. The zero-order valence-electron chi connectivity index (χ0n) is 10.1. The molecule has 90 valence electrons. The summed E-state index contributed by atoms with van der Waals surface area (Å²) in [6.45, 7) is 0. The fourth-order valence-corrected chi connectivity index (χ4v) is 3.81. The Kier molecular flexibility index (Phi) is 2.20. The van der Waals surface area contributed by atoms with Crippen LogP contribution in [0.3, 0.4) is 0 Å². The van der Waals surface area contributed by atoms with Gasteiger partial charge in [0, 0.05) is 26.1 Å². The lowest BCUT2D eigenvalue weighted by Crippen LogP contribution is -1.99. The Morgan fingerprint density at radius 3 is 2.53 bits per heavy atom. The topological polar surface area (TPSA) is 17.1 Å². The van der Waals surface area contributed by atoms with Gasteiger partial charge in [0.15, 0.2) is 5.78 Å². The van der Waals surface area contributed by atoms with E-state index in [1.54, 1.807) is 17.4 Å². The van der Waals surface area contributed by atoms with Crippen molar-refractivity contribution in [2.24, 2.45) is 0 Å². The third kappa shape index (κ3) is 1.50. The maximum Gasteiger partial charge on any atom is 0.186 e. The van der Waals surface area contributed by atoms with E-state index in [2.05, 4.69) is 18.2 Å². The number of hydrogen-bond donors (Lipinski definition) is 0. The second kappa shape index (κ2) is 3.90. The predicted molar refractivity (Wildman–Crippen MR) is 80.6 cm³/mol. The lowest BCUT2D eigenvalue weighted by Gasteiger charge is -2.07. The Balaban J connectivity index is 2.11. The molecule has 19 heavy (non-hydrogen) atoms. The lowest BCUT2D eigenvalue weighted by atomic mass is 9.95. The number of benzene rings is 2. The second-order valence-corrected chi connectivity index (χ2v) is 5.64. The summed E-state index contributed by atoms with van der Waals surface area (Å²) in [6.07, 6.45) is 3.63. The van der Waals surface area contributed by atoms with E-state index >= 15 is 0 Å². The summed E-state index contributed by atoms with van der Waals surface area (Å²) in [7, 11) is 0. The van der Waals surface area contributed by atoms with Gasteiger partial charge in [0.1, 0.15) is 0 Å². The van der Waals surface area contributed by atoms with Gasteiger partial charge in [0.2, 0.25) is 0 Å². The van der Waals surface area contributed by atoms with Crippen molar-refractivity contribution in [3.05, 3.63) is 65.7 Å². The largest absolute Gasteiger partial charge is 0.289 e. The molecule has 1 aliphatic carbocycles. The van der Waals surface area contributed by atoms with E-state index < -0.39 is 0 Å². The summed E-state index contributed by atoms with van der Waals surface area (Å²) in [5.74, 6) is 0.107. The number of carbonyl (C=O) groups excluding carboxylic acids is 1. The summed E-state index contributed by atoms with van der Waals surface area (Å²) >= 11 is 1.75. The van der Waals surface area contributed by atoms with Gasteiger partial charge >= 0.3 is 0 Å². The van der Waals surface area contributed by atoms with E-state index in [0.29, 0.717) is 0 Å². The van der Waals surface area contributed by atoms with Crippen molar-refractivity contribution < 1.29 is 4.79 Å². The molecule has 0 spiro atoms. The van der Waals surface area contributed by atoms with E-state index in [4.69, 9.17) is 0 Å². The monoisotopic (exact) mass is 262 g/mol. The molecule has 0 saturated carbocycles. The van der Waals surface area contributed by atoms with Crippen molar-refractivity contribution in [3.8, 4) is 10.4 Å². The molecule has 1 aliphatic rings. The number of allylic oxidation sites excluding steroid dienone is 1. The summed E-state index contributed by atoms with van der Waals surface area (Å²) in [4.78, 5) is 13.2. The van der Waals surface area contributed by atoms with Crippen LogP contribution in [0.25, 0.3) is 26.6 Å². The molecule has 0 atom stereocenters. The molecule has 1 nitrogen and oxygen atoms in total. The number of carbonyl (C=O) groups is 1. The molecule has 2 aromatic carbocycles. The van der Waals surface area contributed by atoms with E-state index in [1.165, 1.54) is 20.7 Å². The highest BCUT2D eigenvalue weighted by molar-refractivity contribution is 7.22. The summed E-state index contributed by atoms with van der Waals surface area (Å²) in [6, 6.07) is 16.3. The fourth-order valence-electron chi connectivity index (χ4n) is 2.59. The van der Waals surface area contributed by atoms with Crippen molar-refractivity contribution >= 4 is 33.3 Å². The minimum Gasteiger partial charge on any atom is -0.289 e. The number of rotatable bonds is 1. The van der Waals surface area contributed by atoms with Crippen LogP contribution in [0.5, 0.6) is 0 Å². The van der Waals surface area contributed by atoms with Crippen molar-refractivity contribution in [3.63, 3.8) is 0 Å². The third-order valence-electron chi connectivity index (χ3n) is 3.46. The Bertz CT molecular complexity index is 825. The first-order valence-corrected chi connectivity index (χ1v) is 6.99. The molecule has 0 saturated heterocycles. The zero-order valence-corrected chi connectivity index (χ0v) is 10.9. The summed E-state index contributed by atoms with van der Waals surface area (Å²) < 4.78 is 1.18. The first-order chi connectivity index (χ1) is 9.34. The molecule has 3 aromatic rings. The van der Waals surface area contributed by atoms with Crippen LogP contribution in [0.1, 0.15) is 15.9 Å². The second-order valence-electron chi connectivity index (χ2n) is 4.59. The van der Waals surface area contributed by atoms with Gasteiger partial charge in [0.05, 0.1) is 0 Å². The highest BCUT2D eigenvalue weighted by Crippen LogP contribution is 2.42. The standard InChI is InChI=1S/C17H10OS/c18-14-10-9-13-16-12(14)7-4-8-15(16)19-17(13)11-5-2-1-3-6-11/h1-10H. The van der Waals surface area contributed by atoms with Crippen LogP contribution in [0, 0.1) is 0 Å². The minimum absolute atomic E-state index is 0.107. The summed E-state index contributed by atoms with van der Waals surface area (Å²) in [5, 5.41) is 1.11. The predicted octanol–water partition coefficient (Wildman–Crippen LogP) is 4.78. The molecular weight excluding hydrogens is 252 g/mol. The highest BCUT2D eigenvalue weighted by Gasteiger charge is 2.20. The number of hydrogen-bond acceptors (Lipinski definition) is 2. The Morgan fingerprint density at radius 2 is 1.68 bits per heavy atom. The van der Waals surface area contributed by atoms with Gasteiger partial charge in [-0.1, -0.05) is 42.5 Å². The van der Waals surface area contributed by atoms with Gasteiger partial charge in [-0.25, -0.2) is 0 Å². The van der Waals surface area contributed by atoms with Gasteiger partial charge in [0.25, 0.3) is 0 Å². The van der Waals surface area contributed by atoms with Crippen LogP contribution in [0.2, 0.25) is 0 Å². The smallest absolute Gasteiger partial charge is 0.186 e. The molecule has 0 fully saturated rings. The van der Waals surface area contributed by atoms with Crippen molar-refractivity contribution in [2.75, 3.05) is 0 Å². The highest BCUT2D eigenvalue weighted by atomic mass is 32.1. The summed E-state index contributed by atoms with van der Waals surface area (Å²) in [5.41, 5.74) is 3.22. The van der Waals surface area contributed by atoms with Gasteiger partial charge < -0.3 is 0 Å². The van der Waals surface area contributed by atoms with Crippen LogP contribution in [0.15, 0.2) is 54.6 Å². The quantitative estimate of drug-likeness (QED) is 0.617. The Labute approximate surface area is 114 Å². The zero-order chi connectivity index (χ0) is 12.8. The molecular formula is C17H10OS. The van der Waals surface area contributed by atoms with Crippen LogP contribution >= 0.6 is 11.3 Å². The molecule has 1 heterocycles. The Morgan fingerprint density at radius 1 is 0.842 bits per heavy atom. The molecule has 1 aromatic heterocycles. The normalized spacial score (nSPS) is 13.2. The van der Waals surface area contributed by atoms with Crippen LogP contribution in [-0.2, 0) is 0 Å². The first-order valence-electron chi connectivity index (χ1n) is 6.18. The maximum absolute atomic E-state index is 11.9. The average molecular weight is 262 g/mol. The molecule has 0 radical (unpaired) electrons. The minimum atomic E-state index is 0.107. The van der Waals surface area contributed by atoms with Crippen molar-refractivity contribution in [1.82, 2.24) is 0 Å². The molecule has 0 N–H and O–H groups in total. The van der Waals surface area contributed by atoms with Crippen molar-refractivity contribution in [2.45, 2.75) is 0 Å².